The number of ether oxygens (including phenoxy) is 1. The number of rotatable bonds is 23. The van der Waals surface area contributed by atoms with E-state index in [9.17, 15) is 23.1 Å². The van der Waals surface area contributed by atoms with Crippen molar-refractivity contribution in [1.29, 1.82) is 0 Å². The van der Waals surface area contributed by atoms with Crippen LogP contribution in [0.3, 0.4) is 0 Å². The van der Waals surface area contributed by atoms with Crippen LogP contribution in [0.4, 0.5) is 0 Å². The summed E-state index contributed by atoms with van der Waals surface area (Å²) in [4.78, 5) is 25.2. The summed E-state index contributed by atoms with van der Waals surface area (Å²) < 4.78 is 37.0. The van der Waals surface area contributed by atoms with Gasteiger partial charge in [0.1, 0.15) is 6.10 Å². The predicted molar refractivity (Wildman–Crippen MR) is 209 cm³/mol. The van der Waals surface area contributed by atoms with Gasteiger partial charge < -0.3 is 15.2 Å². The number of aliphatic hydroxyl groups excluding tert-OH is 1. The molecule has 0 heterocycles. The van der Waals surface area contributed by atoms with Gasteiger partial charge >= 0.3 is 5.97 Å². The van der Waals surface area contributed by atoms with Gasteiger partial charge in [-0.1, -0.05) is 111 Å². The van der Waals surface area contributed by atoms with Crippen molar-refractivity contribution in [3.05, 3.63) is 0 Å². The lowest BCUT2D eigenvalue weighted by atomic mass is 9.43. The van der Waals surface area contributed by atoms with Crippen LogP contribution in [0.1, 0.15) is 188 Å². The summed E-state index contributed by atoms with van der Waals surface area (Å²) in [7, 11) is -4.09. The normalized spacial score (nSPS) is 33.5. The highest BCUT2D eigenvalue weighted by molar-refractivity contribution is 7.85. The summed E-state index contributed by atoms with van der Waals surface area (Å²) >= 11 is 0. The van der Waals surface area contributed by atoms with E-state index in [0.29, 0.717) is 48.9 Å². The number of esters is 1. The van der Waals surface area contributed by atoms with Crippen molar-refractivity contribution in [2.75, 3.05) is 12.3 Å². The van der Waals surface area contributed by atoms with Gasteiger partial charge in [0, 0.05) is 19.4 Å². The van der Waals surface area contributed by atoms with Crippen LogP contribution in [0.5, 0.6) is 0 Å². The smallest absolute Gasteiger partial charge is 0.306 e. The average Bonchev–Trinajstić information content (AvgIpc) is 3.46. The molecule has 0 aromatic carbocycles. The molecule has 4 saturated carbocycles. The first-order chi connectivity index (χ1) is 24.8. The van der Waals surface area contributed by atoms with E-state index in [-0.39, 0.29) is 47.4 Å². The number of aliphatic hydroxyl groups is 1. The number of hydrogen-bond donors (Lipinski definition) is 3. The molecule has 0 aromatic rings. The Bertz CT molecular complexity index is 1210. The summed E-state index contributed by atoms with van der Waals surface area (Å²) in [6.07, 6.45) is 28.0. The van der Waals surface area contributed by atoms with E-state index in [4.69, 9.17) is 9.29 Å². The highest BCUT2D eigenvalue weighted by Crippen LogP contribution is 2.68. The number of nitrogens with one attached hydrogen (secondary N) is 1. The highest BCUT2D eigenvalue weighted by atomic mass is 32.2. The molecule has 3 N–H and O–H groups in total. The molecular formula is C43H77NO7S. The molecule has 8 nitrogen and oxygen atoms in total. The lowest BCUT2D eigenvalue weighted by molar-refractivity contribution is -0.181. The van der Waals surface area contributed by atoms with Gasteiger partial charge in [-0.3, -0.25) is 14.1 Å². The zero-order valence-electron chi connectivity index (χ0n) is 33.6. The van der Waals surface area contributed by atoms with Crippen molar-refractivity contribution >= 4 is 22.0 Å². The number of fused-ring (bicyclic) bond motifs is 5. The fourth-order valence-electron chi connectivity index (χ4n) is 11.9. The average molecular weight is 752 g/mol. The molecule has 4 aliphatic rings. The Labute approximate surface area is 317 Å². The second-order valence-corrected chi connectivity index (χ2v) is 19.9. The Morgan fingerprint density at radius 3 is 2.04 bits per heavy atom. The Hall–Kier alpha value is -1.19. The van der Waals surface area contributed by atoms with E-state index in [1.54, 1.807) is 0 Å². The molecule has 9 heteroatoms. The minimum absolute atomic E-state index is 0.00761. The van der Waals surface area contributed by atoms with Gasteiger partial charge in [0.2, 0.25) is 5.91 Å². The molecule has 52 heavy (non-hydrogen) atoms. The second-order valence-electron chi connectivity index (χ2n) is 18.3. The number of carbonyl (C=O) groups is 2. The summed E-state index contributed by atoms with van der Waals surface area (Å²) in [5.41, 5.74) is 0.0117. The molecule has 10 atom stereocenters. The van der Waals surface area contributed by atoms with Crippen molar-refractivity contribution in [1.82, 2.24) is 5.32 Å². The van der Waals surface area contributed by atoms with Gasteiger partial charge in [0.25, 0.3) is 10.1 Å². The summed E-state index contributed by atoms with van der Waals surface area (Å²) in [6.45, 7) is 9.20. The maximum atomic E-state index is 12.8. The molecule has 0 saturated heterocycles. The van der Waals surface area contributed by atoms with Crippen molar-refractivity contribution in [3.63, 3.8) is 0 Å². The quantitative estimate of drug-likeness (QED) is 0.0538. The maximum Gasteiger partial charge on any atom is 0.306 e. The van der Waals surface area contributed by atoms with Crippen LogP contribution in [0.2, 0.25) is 0 Å². The summed E-state index contributed by atoms with van der Waals surface area (Å²) in [6, 6.07) is 0. The Kier molecular flexibility index (Phi) is 17.3. The lowest BCUT2D eigenvalue weighted by Crippen LogP contribution is -2.59. The van der Waals surface area contributed by atoms with Gasteiger partial charge in [-0.25, -0.2) is 0 Å². The van der Waals surface area contributed by atoms with Crippen LogP contribution >= 0.6 is 0 Å². The first kappa shape index (κ1) is 43.5. The molecule has 302 valence electrons. The van der Waals surface area contributed by atoms with Gasteiger partial charge in [-0.05, 0) is 111 Å². The summed E-state index contributed by atoms with van der Waals surface area (Å²) in [5, 5.41) is 14.6. The minimum Gasteiger partial charge on any atom is -0.462 e. The Morgan fingerprint density at radius 1 is 0.808 bits per heavy atom. The van der Waals surface area contributed by atoms with Gasteiger partial charge in [-0.2, -0.15) is 8.42 Å². The molecule has 0 aromatic heterocycles. The van der Waals surface area contributed by atoms with Gasteiger partial charge in [-0.15, -0.1) is 0 Å². The molecule has 10 unspecified atom stereocenters. The number of unbranched alkanes of at least 4 members (excludes halogenated alkanes) is 13. The third kappa shape index (κ3) is 11.9. The van der Waals surface area contributed by atoms with Gasteiger partial charge in [0.05, 0.1) is 11.9 Å². The largest absolute Gasteiger partial charge is 0.462 e. The fourth-order valence-corrected chi connectivity index (χ4v) is 12.3. The van der Waals surface area contributed by atoms with Crippen molar-refractivity contribution in [2.24, 2.45) is 46.3 Å². The topological polar surface area (TPSA) is 130 Å². The van der Waals surface area contributed by atoms with Crippen molar-refractivity contribution in [2.45, 2.75) is 200 Å². The Morgan fingerprint density at radius 2 is 1.42 bits per heavy atom. The standard InChI is InChI=1S/C43H77NO7S/c1-5-6-7-8-9-10-11-12-13-14-15-16-17-18-19-41(47)51-34-26-27-42(3)33(30-34)21-22-35-37-24-23-36(43(37,4)39(45)31-38(35)42)32(2)20-25-40(46)44-28-29-52(48,49)50/h32-39,45H,5-31H2,1-4H3,(H,44,46)(H,48,49,50). The molecule has 0 spiro atoms. The lowest BCUT2D eigenvalue weighted by Gasteiger charge is -2.62. The summed E-state index contributed by atoms with van der Waals surface area (Å²) in [5.74, 6) is 2.06. The molecule has 1 amide bonds. The van der Waals surface area contributed by atoms with Crippen LogP contribution in [-0.4, -0.2) is 54.5 Å². The molecule has 0 bridgehead atoms. The molecule has 4 fully saturated rings. The zero-order valence-corrected chi connectivity index (χ0v) is 34.4. The SMILES string of the molecule is CCCCCCCCCCCCCCCCC(=O)OC1CCC2(C)C(CCC3C2CC(O)C2(C)C(C(C)CCC(=O)NCCS(=O)(=O)O)CCC32)C1. The van der Waals surface area contributed by atoms with E-state index in [0.717, 1.165) is 51.4 Å². The predicted octanol–water partition coefficient (Wildman–Crippen LogP) is 9.82. The minimum atomic E-state index is -4.09. The van der Waals surface area contributed by atoms with Crippen LogP contribution in [0, 0.1) is 46.3 Å². The number of carbonyl (C=O) groups excluding carboxylic acids is 2. The van der Waals surface area contributed by atoms with E-state index >= 15 is 0 Å². The van der Waals surface area contributed by atoms with E-state index < -0.39 is 15.9 Å². The Balaban J connectivity index is 1.14. The van der Waals surface area contributed by atoms with Crippen LogP contribution in [0.25, 0.3) is 0 Å². The molecular weight excluding hydrogens is 675 g/mol. The van der Waals surface area contributed by atoms with E-state index in [1.165, 1.54) is 89.9 Å². The van der Waals surface area contributed by atoms with Crippen molar-refractivity contribution in [3.8, 4) is 0 Å². The molecule has 0 aliphatic heterocycles. The van der Waals surface area contributed by atoms with Gasteiger partial charge in [0.15, 0.2) is 0 Å². The van der Waals surface area contributed by atoms with Crippen molar-refractivity contribution < 1.29 is 32.4 Å². The number of hydrogen-bond acceptors (Lipinski definition) is 6. The fraction of sp³-hybridized carbons (Fsp3) is 0.953. The zero-order chi connectivity index (χ0) is 37.8. The molecule has 4 rings (SSSR count). The third-order valence-electron chi connectivity index (χ3n) is 15.0. The van der Waals surface area contributed by atoms with Crippen LogP contribution in [0.15, 0.2) is 0 Å². The third-order valence-corrected chi connectivity index (χ3v) is 15.7. The van der Waals surface area contributed by atoms with Crippen LogP contribution < -0.4 is 5.32 Å². The monoisotopic (exact) mass is 752 g/mol. The first-order valence-electron chi connectivity index (χ1n) is 21.9. The van der Waals surface area contributed by atoms with E-state index in [2.05, 4.69) is 33.0 Å². The van der Waals surface area contributed by atoms with Crippen LogP contribution in [-0.2, 0) is 24.4 Å². The first-order valence-corrected chi connectivity index (χ1v) is 23.5. The maximum absolute atomic E-state index is 12.8. The van der Waals surface area contributed by atoms with E-state index in [1.807, 2.05) is 0 Å². The molecule has 4 aliphatic carbocycles. The number of amides is 1. The molecule has 0 radical (unpaired) electrons. The highest BCUT2D eigenvalue weighted by Gasteiger charge is 2.63. The second kappa shape index (κ2) is 20.6.